The van der Waals surface area contributed by atoms with Crippen molar-refractivity contribution in [2.24, 2.45) is 0 Å². The summed E-state index contributed by atoms with van der Waals surface area (Å²) in [5.41, 5.74) is 2.97. The second kappa shape index (κ2) is 6.85. The minimum Gasteiger partial charge on any atom is -0.314 e. The Kier molecular flexibility index (Phi) is 5.14. The van der Waals surface area contributed by atoms with Crippen LogP contribution in [0.3, 0.4) is 0 Å². The van der Waals surface area contributed by atoms with Crippen molar-refractivity contribution in [1.29, 1.82) is 0 Å². The molecule has 0 fully saturated rings. The Morgan fingerprint density at radius 3 is 2.70 bits per heavy atom. The molecule has 2 aromatic rings. The molecular weight excluding hydrogens is 270 g/mol. The van der Waals surface area contributed by atoms with Crippen LogP contribution in [0.4, 0.5) is 0 Å². The van der Waals surface area contributed by atoms with Crippen LogP contribution in [-0.2, 0) is 12.8 Å². The molecule has 0 saturated carbocycles. The summed E-state index contributed by atoms with van der Waals surface area (Å²) in [5, 5.41) is 22.3. The van der Waals surface area contributed by atoms with Crippen molar-refractivity contribution in [2.45, 2.75) is 46.6 Å². The summed E-state index contributed by atoms with van der Waals surface area (Å²) in [6, 6.07) is 2.55. The molecule has 2 heterocycles. The normalized spacial score (nSPS) is 11.2. The largest absolute Gasteiger partial charge is 0.314 e. The van der Waals surface area contributed by atoms with E-state index in [0.717, 1.165) is 46.4 Å². The van der Waals surface area contributed by atoms with Crippen molar-refractivity contribution in [2.75, 3.05) is 6.54 Å². The van der Waals surface area contributed by atoms with Gasteiger partial charge in [0.1, 0.15) is 10.0 Å². The van der Waals surface area contributed by atoms with Crippen LogP contribution in [-0.4, -0.2) is 33.0 Å². The van der Waals surface area contributed by atoms with Crippen LogP contribution in [0.15, 0.2) is 6.07 Å². The molecule has 0 saturated heterocycles. The number of aromatic nitrogens is 4. The molecule has 1 N–H and O–H groups in total. The summed E-state index contributed by atoms with van der Waals surface area (Å²) in [6.07, 6.45) is 1.77. The maximum Gasteiger partial charge on any atom is 0.149 e. The van der Waals surface area contributed by atoms with E-state index in [1.54, 1.807) is 11.3 Å². The molecule has 20 heavy (non-hydrogen) atoms. The standard InChI is InChI=1S/C14H21N5S/c1-5-12-11(8-10(4)16-17-12)14-19-18-13(20-14)6-7-15-9(2)3/h8-9,15H,5-7H2,1-4H3. The third-order valence-corrected chi connectivity index (χ3v) is 3.93. The van der Waals surface area contributed by atoms with E-state index >= 15 is 0 Å². The zero-order chi connectivity index (χ0) is 14.5. The van der Waals surface area contributed by atoms with E-state index in [2.05, 4.69) is 46.5 Å². The summed E-state index contributed by atoms with van der Waals surface area (Å²) in [6.45, 7) is 9.25. The molecule has 0 bridgehead atoms. The van der Waals surface area contributed by atoms with Crippen molar-refractivity contribution in [3.05, 3.63) is 22.5 Å². The topological polar surface area (TPSA) is 63.6 Å². The van der Waals surface area contributed by atoms with E-state index in [-0.39, 0.29) is 0 Å². The molecule has 2 aromatic heterocycles. The van der Waals surface area contributed by atoms with Gasteiger partial charge in [-0.1, -0.05) is 32.1 Å². The van der Waals surface area contributed by atoms with Gasteiger partial charge in [0.2, 0.25) is 0 Å². The zero-order valence-corrected chi connectivity index (χ0v) is 13.3. The Bertz CT molecular complexity index is 564. The lowest BCUT2D eigenvalue weighted by Crippen LogP contribution is -2.24. The van der Waals surface area contributed by atoms with Crippen LogP contribution < -0.4 is 5.32 Å². The van der Waals surface area contributed by atoms with Crippen LogP contribution in [0, 0.1) is 6.92 Å². The zero-order valence-electron chi connectivity index (χ0n) is 12.5. The van der Waals surface area contributed by atoms with Crippen LogP contribution in [0.2, 0.25) is 0 Å². The first kappa shape index (κ1) is 15.0. The first-order chi connectivity index (χ1) is 9.60. The molecule has 0 radical (unpaired) electrons. The van der Waals surface area contributed by atoms with Crippen LogP contribution in [0.25, 0.3) is 10.6 Å². The molecule has 108 valence electrons. The summed E-state index contributed by atoms with van der Waals surface area (Å²) < 4.78 is 0. The highest BCUT2D eigenvalue weighted by Crippen LogP contribution is 2.26. The first-order valence-electron chi connectivity index (χ1n) is 6.99. The Hall–Kier alpha value is -1.40. The highest BCUT2D eigenvalue weighted by molar-refractivity contribution is 7.14. The molecular formula is C14H21N5S. The van der Waals surface area contributed by atoms with Crippen LogP contribution >= 0.6 is 11.3 Å². The smallest absolute Gasteiger partial charge is 0.149 e. The minimum atomic E-state index is 0.501. The molecule has 6 heteroatoms. The fourth-order valence-electron chi connectivity index (χ4n) is 1.89. The molecule has 5 nitrogen and oxygen atoms in total. The van der Waals surface area contributed by atoms with Crippen LogP contribution in [0.5, 0.6) is 0 Å². The molecule has 0 aromatic carbocycles. The van der Waals surface area contributed by atoms with E-state index < -0.39 is 0 Å². The van der Waals surface area contributed by atoms with E-state index in [4.69, 9.17) is 0 Å². The highest BCUT2D eigenvalue weighted by Gasteiger charge is 2.12. The lowest BCUT2D eigenvalue weighted by atomic mass is 10.1. The molecule has 0 aliphatic heterocycles. The van der Waals surface area contributed by atoms with Gasteiger partial charge >= 0.3 is 0 Å². The van der Waals surface area contributed by atoms with Crippen molar-refractivity contribution >= 4 is 11.3 Å². The quantitative estimate of drug-likeness (QED) is 0.885. The van der Waals surface area contributed by atoms with Gasteiger partial charge in [-0.2, -0.15) is 10.2 Å². The van der Waals surface area contributed by atoms with Gasteiger partial charge in [0.15, 0.2) is 0 Å². The average molecular weight is 291 g/mol. The second-order valence-electron chi connectivity index (χ2n) is 5.06. The maximum absolute atomic E-state index is 4.31. The molecule has 0 unspecified atom stereocenters. The van der Waals surface area contributed by atoms with Gasteiger partial charge in [-0.15, -0.1) is 10.2 Å². The Balaban J connectivity index is 2.14. The second-order valence-corrected chi connectivity index (χ2v) is 6.12. The predicted octanol–water partition coefficient (Wildman–Crippen LogP) is 2.41. The minimum absolute atomic E-state index is 0.501. The van der Waals surface area contributed by atoms with Crippen molar-refractivity contribution < 1.29 is 0 Å². The van der Waals surface area contributed by atoms with E-state index in [1.165, 1.54) is 0 Å². The number of rotatable bonds is 6. The summed E-state index contributed by atoms with van der Waals surface area (Å²) >= 11 is 1.65. The molecule has 0 amide bonds. The Labute approximate surface area is 123 Å². The number of nitrogens with one attached hydrogen (secondary N) is 1. The van der Waals surface area contributed by atoms with Gasteiger partial charge in [-0.05, 0) is 19.4 Å². The Morgan fingerprint density at radius 1 is 1.20 bits per heavy atom. The van der Waals surface area contributed by atoms with E-state index in [1.807, 2.05) is 13.0 Å². The number of nitrogens with zero attached hydrogens (tertiary/aromatic N) is 4. The molecule has 2 rings (SSSR count). The molecule has 0 aliphatic rings. The van der Waals surface area contributed by atoms with Gasteiger partial charge < -0.3 is 5.32 Å². The fourth-order valence-corrected chi connectivity index (χ4v) is 2.77. The number of hydrogen-bond donors (Lipinski definition) is 1. The summed E-state index contributed by atoms with van der Waals surface area (Å²) in [5.74, 6) is 0. The molecule has 0 spiro atoms. The molecule has 0 atom stereocenters. The van der Waals surface area contributed by atoms with Crippen molar-refractivity contribution in [1.82, 2.24) is 25.7 Å². The van der Waals surface area contributed by atoms with Gasteiger partial charge in [-0.3, -0.25) is 0 Å². The average Bonchev–Trinajstić information content (AvgIpc) is 2.87. The van der Waals surface area contributed by atoms with Gasteiger partial charge in [0, 0.05) is 24.6 Å². The summed E-state index contributed by atoms with van der Waals surface area (Å²) in [7, 11) is 0. The van der Waals surface area contributed by atoms with Crippen LogP contribution in [0.1, 0.15) is 37.2 Å². The predicted molar refractivity (Wildman–Crippen MR) is 81.9 cm³/mol. The van der Waals surface area contributed by atoms with E-state index in [0.29, 0.717) is 6.04 Å². The number of hydrogen-bond acceptors (Lipinski definition) is 6. The number of aryl methyl sites for hydroxylation is 2. The first-order valence-corrected chi connectivity index (χ1v) is 7.81. The summed E-state index contributed by atoms with van der Waals surface area (Å²) in [4.78, 5) is 0. The van der Waals surface area contributed by atoms with Gasteiger partial charge in [0.25, 0.3) is 0 Å². The third-order valence-electron chi connectivity index (χ3n) is 2.92. The van der Waals surface area contributed by atoms with Crippen molar-refractivity contribution in [3.63, 3.8) is 0 Å². The van der Waals surface area contributed by atoms with E-state index in [9.17, 15) is 0 Å². The van der Waals surface area contributed by atoms with Gasteiger partial charge in [0.05, 0.1) is 11.4 Å². The third kappa shape index (κ3) is 3.80. The Morgan fingerprint density at radius 2 is 2.00 bits per heavy atom. The monoisotopic (exact) mass is 291 g/mol. The molecule has 0 aliphatic carbocycles. The lowest BCUT2D eigenvalue weighted by Gasteiger charge is -2.05. The lowest BCUT2D eigenvalue weighted by molar-refractivity contribution is 0.588. The SMILES string of the molecule is CCc1nnc(C)cc1-c1nnc(CCNC(C)C)s1. The highest BCUT2D eigenvalue weighted by atomic mass is 32.1. The van der Waals surface area contributed by atoms with Crippen molar-refractivity contribution in [3.8, 4) is 10.6 Å². The fraction of sp³-hybridized carbons (Fsp3) is 0.571. The maximum atomic E-state index is 4.31. The van der Waals surface area contributed by atoms with Gasteiger partial charge in [-0.25, -0.2) is 0 Å².